The van der Waals surface area contributed by atoms with Crippen molar-refractivity contribution >= 4 is 0 Å². The van der Waals surface area contributed by atoms with Gasteiger partial charge in [0.2, 0.25) is 0 Å². The molecule has 1 saturated carbocycles. The lowest BCUT2D eigenvalue weighted by atomic mass is 9.95. The Morgan fingerprint density at radius 3 is 2.79 bits per heavy atom. The second-order valence-corrected chi connectivity index (χ2v) is 4.31. The van der Waals surface area contributed by atoms with Crippen LogP contribution in [0.5, 0.6) is 0 Å². The van der Waals surface area contributed by atoms with Gasteiger partial charge in [0.05, 0.1) is 12.0 Å². The molecule has 0 amide bonds. The molecule has 0 aliphatic heterocycles. The van der Waals surface area contributed by atoms with Gasteiger partial charge in [-0.05, 0) is 19.8 Å². The summed E-state index contributed by atoms with van der Waals surface area (Å²) in [6.07, 6.45) is 10.5. The Hall–Kier alpha value is -0.830. The first-order valence-electron chi connectivity index (χ1n) is 5.56. The van der Waals surface area contributed by atoms with Gasteiger partial charge in [-0.2, -0.15) is 0 Å². The average Bonchev–Trinajstić information content (AvgIpc) is 2.67. The summed E-state index contributed by atoms with van der Waals surface area (Å²) in [4.78, 5) is 4.20. The van der Waals surface area contributed by atoms with E-state index in [4.69, 9.17) is 5.73 Å². The number of nitrogens with two attached hydrogens (primary N) is 1. The third kappa shape index (κ3) is 1.82. The summed E-state index contributed by atoms with van der Waals surface area (Å²) in [5, 5.41) is 0. The summed E-state index contributed by atoms with van der Waals surface area (Å²) in [6, 6.07) is 0.742. The van der Waals surface area contributed by atoms with E-state index in [1.54, 1.807) is 0 Å². The highest BCUT2D eigenvalue weighted by Crippen LogP contribution is 2.29. The first-order chi connectivity index (χ1) is 6.79. The van der Waals surface area contributed by atoms with E-state index in [2.05, 4.69) is 9.55 Å². The van der Waals surface area contributed by atoms with Crippen LogP contribution in [0.4, 0.5) is 0 Å². The van der Waals surface area contributed by atoms with Crippen LogP contribution in [-0.4, -0.2) is 9.55 Å². The maximum absolute atomic E-state index is 5.90. The van der Waals surface area contributed by atoms with E-state index < -0.39 is 0 Å². The third-order valence-corrected chi connectivity index (χ3v) is 3.13. The SMILES string of the molecule is C[C@H](N)c1cncn1C1CCCCC1. The van der Waals surface area contributed by atoms with Gasteiger partial charge in [-0.25, -0.2) is 4.98 Å². The summed E-state index contributed by atoms with van der Waals surface area (Å²) >= 11 is 0. The molecular formula is C11H19N3. The molecule has 1 aliphatic carbocycles. The fourth-order valence-electron chi connectivity index (χ4n) is 2.33. The lowest BCUT2D eigenvalue weighted by Gasteiger charge is -2.25. The van der Waals surface area contributed by atoms with Gasteiger partial charge in [-0.3, -0.25) is 0 Å². The molecule has 78 valence electrons. The van der Waals surface area contributed by atoms with E-state index in [-0.39, 0.29) is 6.04 Å². The zero-order valence-electron chi connectivity index (χ0n) is 8.82. The molecule has 1 fully saturated rings. The van der Waals surface area contributed by atoms with Crippen LogP contribution < -0.4 is 5.73 Å². The van der Waals surface area contributed by atoms with Crippen LogP contribution in [0.25, 0.3) is 0 Å². The monoisotopic (exact) mass is 193 g/mol. The minimum Gasteiger partial charge on any atom is -0.330 e. The van der Waals surface area contributed by atoms with E-state index in [1.807, 2.05) is 19.4 Å². The Morgan fingerprint density at radius 2 is 2.14 bits per heavy atom. The Labute approximate surface area is 85.3 Å². The van der Waals surface area contributed by atoms with Crippen molar-refractivity contribution < 1.29 is 0 Å². The van der Waals surface area contributed by atoms with Crippen molar-refractivity contribution in [3.05, 3.63) is 18.2 Å². The van der Waals surface area contributed by atoms with Gasteiger partial charge in [0.15, 0.2) is 0 Å². The molecule has 1 aromatic heterocycles. The molecule has 1 atom stereocenters. The molecule has 0 radical (unpaired) electrons. The van der Waals surface area contributed by atoms with Crippen LogP contribution in [0, 0.1) is 0 Å². The van der Waals surface area contributed by atoms with Crippen LogP contribution in [0.2, 0.25) is 0 Å². The van der Waals surface area contributed by atoms with Crippen molar-refractivity contribution in [2.45, 2.75) is 51.1 Å². The molecule has 3 nitrogen and oxygen atoms in total. The lowest BCUT2D eigenvalue weighted by molar-refractivity contribution is 0.343. The van der Waals surface area contributed by atoms with Crippen molar-refractivity contribution in [2.75, 3.05) is 0 Å². The second kappa shape index (κ2) is 4.13. The molecule has 0 aromatic carbocycles. The van der Waals surface area contributed by atoms with Crippen molar-refractivity contribution in [1.29, 1.82) is 0 Å². The van der Waals surface area contributed by atoms with Gasteiger partial charge >= 0.3 is 0 Å². The highest BCUT2D eigenvalue weighted by molar-refractivity contribution is 5.05. The molecule has 2 N–H and O–H groups in total. The fourth-order valence-corrected chi connectivity index (χ4v) is 2.33. The summed E-state index contributed by atoms with van der Waals surface area (Å²) in [5.74, 6) is 0. The van der Waals surface area contributed by atoms with E-state index in [9.17, 15) is 0 Å². The van der Waals surface area contributed by atoms with Crippen molar-refractivity contribution in [2.24, 2.45) is 5.73 Å². The molecule has 2 rings (SSSR count). The predicted octanol–water partition coefficient (Wildman–Crippen LogP) is 2.41. The van der Waals surface area contributed by atoms with E-state index >= 15 is 0 Å². The van der Waals surface area contributed by atoms with Crippen molar-refractivity contribution in [3.63, 3.8) is 0 Å². The number of nitrogens with zero attached hydrogens (tertiary/aromatic N) is 2. The second-order valence-electron chi connectivity index (χ2n) is 4.31. The predicted molar refractivity (Wildman–Crippen MR) is 57.0 cm³/mol. The Bertz CT molecular complexity index is 284. The molecular weight excluding hydrogens is 174 g/mol. The molecule has 0 saturated heterocycles. The number of rotatable bonds is 2. The molecule has 3 heteroatoms. The van der Waals surface area contributed by atoms with E-state index in [0.29, 0.717) is 6.04 Å². The van der Waals surface area contributed by atoms with Crippen LogP contribution in [0.1, 0.15) is 56.8 Å². The Kier molecular flexibility index (Phi) is 2.87. The van der Waals surface area contributed by atoms with E-state index in [1.165, 1.54) is 37.8 Å². The summed E-state index contributed by atoms with van der Waals surface area (Å²) in [5.41, 5.74) is 7.08. The summed E-state index contributed by atoms with van der Waals surface area (Å²) < 4.78 is 2.28. The first-order valence-corrected chi connectivity index (χ1v) is 5.56. The summed E-state index contributed by atoms with van der Waals surface area (Å²) in [7, 11) is 0. The quantitative estimate of drug-likeness (QED) is 0.783. The smallest absolute Gasteiger partial charge is 0.0951 e. The molecule has 0 bridgehead atoms. The Morgan fingerprint density at radius 1 is 1.43 bits per heavy atom. The first kappa shape index (κ1) is 9.71. The largest absolute Gasteiger partial charge is 0.330 e. The van der Waals surface area contributed by atoms with Crippen molar-refractivity contribution in [1.82, 2.24) is 9.55 Å². The van der Waals surface area contributed by atoms with Gasteiger partial charge in [0.1, 0.15) is 0 Å². The summed E-state index contributed by atoms with van der Waals surface area (Å²) in [6.45, 7) is 2.02. The highest BCUT2D eigenvalue weighted by Gasteiger charge is 2.18. The molecule has 1 aliphatic rings. The normalized spacial score (nSPS) is 21.0. The van der Waals surface area contributed by atoms with Gasteiger partial charge < -0.3 is 10.3 Å². The van der Waals surface area contributed by atoms with Crippen LogP contribution >= 0.6 is 0 Å². The topological polar surface area (TPSA) is 43.8 Å². The van der Waals surface area contributed by atoms with Gasteiger partial charge in [-0.15, -0.1) is 0 Å². The standard InChI is InChI=1S/C11H19N3/c1-9(12)11-7-13-8-14(11)10-5-3-2-4-6-10/h7-10H,2-6,12H2,1H3/t9-/m0/s1. The minimum absolute atomic E-state index is 0.0967. The number of hydrogen-bond donors (Lipinski definition) is 1. The van der Waals surface area contributed by atoms with Crippen LogP contribution in [0.15, 0.2) is 12.5 Å². The molecule has 0 unspecified atom stereocenters. The van der Waals surface area contributed by atoms with Crippen molar-refractivity contribution in [3.8, 4) is 0 Å². The maximum atomic E-state index is 5.90. The van der Waals surface area contributed by atoms with Gasteiger partial charge in [0, 0.05) is 18.3 Å². The van der Waals surface area contributed by atoms with Crippen LogP contribution in [-0.2, 0) is 0 Å². The number of imidazole rings is 1. The number of hydrogen-bond acceptors (Lipinski definition) is 2. The fraction of sp³-hybridized carbons (Fsp3) is 0.727. The molecule has 1 aromatic rings. The number of aromatic nitrogens is 2. The Balaban J connectivity index is 2.17. The molecule has 1 heterocycles. The third-order valence-electron chi connectivity index (χ3n) is 3.13. The van der Waals surface area contributed by atoms with Gasteiger partial charge in [-0.1, -0.05) is 19.3 Å². The highest BCUT2D eigenvalue weighted by atomic mass is 15.1. The van der Waals surface area contributed by atoms with Gasteiger partial charge in [0.25, 0.3) is 0 Å². The molecule has 14 heavy (non-hydrogen) atoms. The zero-order valence-corrected chi connectivity index (χ0v) is 8.82. The van der Waals surface area contributed by atoms with Crippen LogP contribution in [0.3, 0.4) is 0 Å². The zero-order chi connectivity index (χ0) is 9.97. The maximum Gasteiger partial charge on any atom is 0.0951 e. The van der Waals surface area contributed by atoms with E-state index in [0.717, 1.165) is 0 Å². The molecule has 0 spiro atoms. The minimum atomic E-state index is 0.0967. The lowest BCUT2D eigenvalue weighted by Crippen LogP contribution is -2.18. The average molecular weight is 193 g/mol.